The van der Waals surface area contributed by atoms with E-state index in [0.29, 0.717) is 13.2 Å². The second-order valence-electron chi connectivity index (χ2n) is 4.40. The minimum absolute atomic E-state index is 0.613. The summed E-state index contributed by atoms with van der Waals surface area (Å²) >= 11 is 0. The van der Waals surface area contributed by atoms with E-state index in [-0.39, 0.29) is 0 Å². The molecule has 0 aliphatic rings. The van der Waals surface area contributed by atoms with Gasteiger partial charge in [0.05, 0.1) is 18.8 Å². The Bertz CT molecular complexity index is 485. The standard InChI is InChI=1S/C15H21N3O2/c1-19-11-8-16-13-14-7-9-18(17-14)10-12-20-15-5-3-2-4-6-15/h2-7,9,16H,8,10-13H2,1H3. The summed E-state index contributed by atoms with van der Waals surface area (Å²) in [6.45, 7) is 3.66. The van der Waals surface area contributed by atoms with Crippen LogP contribution in [0.25, 0.3) is 0 Å². The SMILES string of the molecule is COCCNCc1ccn(CCOc2ccccc2)n1. The molecule has 1 N–H and O–H groups in total. The number of aromatic nitrogens is 2. The normalized spacial score (nSPS) is 10.7. The Morgan fingerprint density at radius 2 is 2.00 bits per heavy atom. The zero-order valence-corrected chi connectivity index (χ0v) is 11.8. The van der Waals surface area contributed by atoms with Crippen LogP contribution in [0.5, 0.6) is 5.75 Å². The van der Waals surface area contributed by atoms with Gasteiger partial charge in [0.2, 0.25) is 0 Å². The Labute approximate surface area is 119 Å². The molecule has 1 aromatic carbocycles. The van der Waals surface area contributed by atoms with Crippen molar-refractivity contribution in [1.82, 2.24) is 15.1 Å². The number of nitrogens with zero attached hydrogens (tertiary/aromatic N) is 2. The number of hydrogen-bond acceptors (Lipinski definition) is 4. The van der Waals surface area contributed by atoms with Gasteiger partial charge in [-0.2, -0.15) is 5.10 Å². The van der Waals surface area contributed by atoms with Gasteiger partial charge in [-0.05, 0) is 18.2 Å². The zero-order valence-electron chi connectivity index (χ0n) is 11.8. The van der Waals surface area contributed by atoms with Gasteiger partial charge in [0.15, 0.2) is 0 Å². The molecule has 0 aliphatic heterocycles. The van der Waals surface area contributed by atoms with Crippen molar-refractivity contribution in [3.8, 4) is 5.75 Å². The van der Waals surface area contributed by atoms with Crippen molar-refractivity contribution in [3.05, 3.63) is 48.3 Å². The summed E-state index contributed by atoms with van der Waals surface area (Å²) < 4.78 is 12.5. The van der Waals surface area contributed by atoms with Crippen molar-refractivity contribution < 1.29 is 9.47 Å². The number of para-hydroxylation sites is 1. The first-order chi connectivity index (χ1) is 9.88. The maximum Gasteiger partial charge on any atom is 0.119 e. The fourth-order valence-electron chi connectivity index (χ4n) is 1.79. The van der Waals surface area contributed by atoms with Crippen LogP contribution < -0.4 is 10.1 Å². The molecule has 0 radical (unpaired) electrons. The van der Waals surface area contributed by atoms with Crippen LogP contribution in [0.3, 0.4) is 0 Å². The lowest BCUT2D eigenvalue weighted by Gasteiger charge is -2.06. The first-order valence-electron chi connectivity index (χ1n) is 6.78. The Balaban J connectivity index is 1.67. The lowest BCUT2D eigenvalue weighted by atomic mass is 10.3. The van der Waals surface area contributed by atoms with Gasteiger partial charge < -0.3 is 14.8 Å². The molecule has 0 aliphatic carbocycles. The van der Waals surface area contributed by atoms with Crippen LogP contribution in [0.1, 0.15) is 5.69 Å². The Kier molecular flexibility index (Phi) is 6.07. The van der Waals surface area contributed by atoms with E-state index in [4.69, 9.17) is 9.47 Å². The second-order valence-corrected chi connectivity index (χ2v) is 4.40. The molecule has 2 aromatic rings. The quantitative estimate of drug-likeness (QED) is 0.708. The summed E-state index contributed by atoms with van der Waals surface area (Å²) in [6, 6.07) is 11.8. The molecule has 0 spiro atoms. The van der Waals surface area contributed by atoms with Gasteiger partial charge in [-0.1, -0.05) is 18.2 Å². The first-order valence-corrected chi connectivity index (χ1v) is 6.78. The van der Waals surface area contributed by atoms with Gasteiger partial charge in [0, 0.05) is 26.4 Å². The molecule has 0 bridgehead atoms. The minimum atomic E-state index is 0.613. The third-order valence-electron chi connectivity index (χ3n) is 2.82. The van der Waals surface area contributed by atoms with Crippen LogP contribution in [0.4, 0.5) is 0 Å². The maximum atomic E-state index is 5.64. The molecule has 0 atom stereocenters. The Hall–Kier alpha value is -1.85. The number of rotatable bonds is 9. The average molecular weight is 275 g/mol. The molecule has 1 aromatic heterocycles. The zero-order chi connectivity index (χ0) is 14.0. The van der Waals surface area contributed by atoms with E-state index >= 15 is 0 Å². The van der Waals surface area contributed by atoms with Crippen LogP contribution in [0.2, 0.25) is 0 Å². The summed E-state index contributed by atoms with van der Waals surface area (Å²) in [6.07, 6.45) is 1.97. The van der Waals surface area contributed by atoms with E-state index in [2.05, 4.69) is 10.4 Å². The summed E-state index contributed by atoms with van der Waals surface area (Å²) in [7, 11) is 1.70. The first kappa shape index (κ1) is 14.6. The van der Waals surface area contributed by atoms with E-state index < -0.39 is 0 Å². The fraction of sp³-hybridized carbons (Fsp3) is 0.400. The van der Waals surface area contributed by atoms with Crippen molar-refractivity contribution in [3.63, 3.8) is 0 Å². The highest BCUT2D eigenvalue weighted by Crippen LogP contribution is 2.08. The van der Waals surface area contributed by atoms with Gasteiger partial charge >= 0.3 is 0 Å². The van der Waals surface area contributed by atoms with Crippen LogP contribution in [0.15, 0.2) is 42.6 Å². The third-order valence-corrected chi connectivity index (χ3v) is 2.82. The lowest BCUT2D eigenvalue weighted by molar-refractivity contribution is 0.199. The summed E-state index contributed by atoms with van der Waals surface area (Å²) in [5.41, 5.74) is 1.03. The van der Waals surface area contributed by atoms with E-state index in [1.54, 1.807) is 7.11 Å². The predicted molar refractivity (Wildman–Crippen MR) is 77.7 cm³/mol. The van der Waals surface area contributed by atoms with Crippen LogP contribution >= 0.6 is 0 Å². The molecule has 20 heavy (non-hydrogen) atoms. The highest BCUT2D eigenvalue weighted by Gasteiger charge is 1.99. The second kappa shape index (κ2) is 8.35. The van der Waals surface area contributed by atoms with E-state index in [1.165, 1.54) is 0 Å². The van der Waals surface area contributed by atoms with Gasteiger partial charge in [-0.15, -0.1) is 0 Å². The third kappa shape index (κ3) is 5.03. The fourth-order valence-corrected chi connectivity index (χ4v) is 1.79. The topological polar surface area (TPSA) is 48.3 Å². The molecular weight excluding hydrogens is 254 g/mol. The van der Waals surface area contributed by atoms with Gasteiger partial charge in [0.25, 0.3) is 0 Å². The molecule has 0 saturated carbocycles. The smallest absolute Gasteiger partial charge is 0.119 e. The van der Waals surface area contributed by atoms with Crippen molar-refractivity contribution in [2.75, 3.05) is 26.9 Å². The Morgan fingerprint density at radius 3 is 2.80 bits per heavy atom. The van der Waals surface area contributed by atoms with Gasteiger partial charge in [-0.3, -0.25) is 4.68 Å². The number of nitrogens with one attached hydrogen (secondary N) is 1. The molecular formula is C15H21N3O2. The molecule has 108 valence electrons. The molecule has 5 nitrogen and oxygen atoms in total. The number of benzene rings is 1. The Morgan fingerprint density at radius 1 is 1.15 bits per heavy atom. The highest BCUT2D eigenvalue weighted by molar-refractivity contribution is 5.20. The van der Waals surface area contributed by atoms with Crippen molar-refractivity contribution in [2.45, 2.75) is 13.1 Å². The summed E-state index contributed by atoms with van der Waals surface area (Å²) in [5, 5.41) is 7.74. The predicted octanol–water partition coefficient (Wildman–Crippen LogP) is 1.70. The van der Waals surface area contributed by atoms with E-state index in [9.17, 15) is 0 Å². The van der Waals surface area contributed by atoms with E-state index in [0.717, 1.165) is 31.1 Å². The molecule has 1 heterocycles. The van der Waals surface area contributed by atoms with Gasteiger partial charge in [0.1, 0.15) is 12.4 Å². The summed E-state index contributed by atoms with van der Waals surface area (Å²) in [4.78, 5) is 0. The lowest BCUT2D eigenvalue weighted by Crippen LogP contribution is -2.19. The van der Waals surface area contributed by atoms with Crippen LogP contribution in [0, 0.1) is 0 Å². The van der Waals surface area contributed by atoms with Crippen LogP contribution in [-0.2, 0) is 17.8 Å². The van der Waals surface area contributed by atoms with Crippen molar-refractivity contribution in [2.24, 2.45) is 0 Å². The highest BCUT2D eigenvalue weighted by atomic mass is 16.5. The molecule has 2 rings (SSSR count). The molecule has 0 saturated heterocycles. The minimum Gasteiger partial charge on any atom is -0.492 e. The molecule has 0 amide bonds. The molecule has 5 heteroatoms. The average Bonchev–Trinajstić information content (AvgIpc) is 2.93. The largest absolute Gasteiger partial charge is 0.492 e. The van der Waals surface area contributed by atoms with E-state index in [1.807, 2.05) is 47.3 Å². The van der Waals surface area contributed by atoms with Crippen LogP contribution in [-0.4, -0.2) is 36.6 Å². The molecule has 0 fully saturated rings. The number of ether oxygens (including phenoxy) is 2. The number of hydrogen-bond donors (Lipinski definition) is 1. The van der Waals surface area contributed by atoms with Gasteiger partial charge in [-0.25, -0.2) is 0 Å². The number of methoxy groups -OCH3 is 1. The monoisotopic (exact) mass is 275 g/mol. The van der Waals surface area contributed by atoms with Crippen molar-refractivity contribution >= 4 is 0 Å². The maximum absolute atomic E-state index is 5.64. The van der Waals surface area contributed by atoms with Crippen molar-refractivity contribution in [1.29, 1.82) is 0 Å². The summed E-state index contributed by atoms with van der Waals surface area (Å²) in [5.74, 6) is 0.890. The molecule has 0 unspecified atom stereocenters.